The van der Waals surface area contributed by atoms with Crippen molar-refractivity contribution in [2.24, 2.45) is 0 Å². The molecule has 0 aliphatic carbocycles. The lowest BCUT2D eigenvalue weighted by molar-refractivity contribution is 0.0758. The van der Waals surface area contributed by atoms with Crippen LogP contribution in [-0.2, 0) is 16.6 Å². The molecule has 0 aromatic heterocycles. The largest absolute Gasteiger partial charge is 0.496 e. The maximum Gasteiger partial charge on any atom is 0.257 e. The molecule has 0 bridgehead atoms. The molecule has 1 fully saturated rings. The summed E-state index contributed by atoms with van der Waals surface area (Å²) in [6.07, 6.45) is 4.09. The molecule has 166 valence electrons. The van der Waals surface area contributed by atoms with Gasteiger partial charge in [0.1, 0.15) is 5.75 Å². The lowest BCUT2D eigenvalue weighted by atomic mass is 10.1. The first-order chi connectivity index (χ1) is 15.0. The molecule has 0 saturated carbocycles. The molecule has 2 aliphatic rings. The van der Waals surface area contributed by atoms with E-state index < -0.39 is 10.0 Å². The van der Waals surface area contributed by atoms with Gasteiger partial charge in [-0.15, -0.1) is 0 Å². The molecular weight excluding hydrogens is 420 g/mol. The molecule has 1 N–H and O–H groups in total. The Balaban J connectivity index is 1.53. The van der Waals surface area contributed by atoms with Gasteiger partial charge in [-0.25, -0.2) is 13.1 Å². The van der Waals surface area contributed by atoms with Gasteiger partial charge < -0.3 is 19.1 Å². The van der Waals surface area contributed by atoms with E-state index in [2.05, 4.69) is 4.72 Å². The lowest BCUT2D eigenvalue weighted by Crippen LogP contribution is -2.32. The number of amides is 1. The van der Waals surface area contributed by atoms with Gasteiger partial charge in [0.2, 0.25) is 16.8 Å². The van der Waals surface area contributed by atoms with Crippen LogP contribution in [0.1, 0.15) is 41.6 Å². The Morgan fingerprint density at radius 1 is 1.03 bits per heavy atom. The van der Waals surface area contributed by atoms with Crippen LogP contribution in [-0.4, -0.2) is 46.2 Å². The number of fused-ring (bicyclic) bond motifs is 1. The first-order valence-electron chi connectivity index (χ1n) is 10.3. The van der Waals surface area contributed by atoms with Gasteiger partial charge in [-0.05, 0) is 48.7 Å². The molecule has 2 aromatic rings. The Bertz CT molecular complexity index is 1060. The predicted molar refractivity (Wildman–Crippen MR) is 114 cm³/mol. The average Bonchev–Trinajstić information content (AvgIpc) is 3.08. The molecule has 2 aromatic carbocycles. The first-order valence-corrected chi connectivity index (χ1v) is 11.8. The van der Waals surface area contributed by atoms with E-state index in [1.165, 1.54) is 25.3 Å². The van der Waals surface area contributed by atoms with Crippen LogP contribution in [0.15, 0.2) is 41.3 Å². The van der Waals surface area contributed by atoms with E-state index >= 15 is 0 Å². The molecular formula is C22H26N2O6S. The Kier molecular flexibility index (Phi) is 6.33. The highest BCUT2D eigenvalue weighted by molar-refractivity contribution is 7.89. The molecule has 2 aliphatic heterocycles. The second-order valence-corrected chi connectivity index (χ2v) is 9.35. The number of rotatable bonds is 6. The molecule has 9 heteroatoms. The molecule has 31 heavy (non-hydrogen) atoms. The summed E-state index contributed by atoms with van der Waals surface area (Å²) in [5, 5.41) is 0. The summed E-state index contributed by atoms with van der Waals surface area (Å²) in [6.45, 7) is 1.58. The van der Waals surface area contributed by atoms with Crippen LogP contribution in [0.25, 0.3) is 0 Å². The van der Waals surface area contributed by atoms with E-state index in [1.807, 2.05) is 0 Å². The number of hydrogen-bond acceptors (Lipinski definition) is 6. The standard InChI is InChI=1S/C22H26N2O6S/c1-28-19-9-7-17(13-18(19)22(25)24-10-4-2-3-5-11-24)31(26,27)23-14-16-6-8-20-21(12-16)30-15-29-20/h6-9,12-13,23H,2-5,10-11,14-15H2,1H3. The zero-order valence-electron chi connectivity index (χ0n) is 17.4. The second kappa shape index (κ2) is 9.15. The van der Waals surface area contributed by atoms with E-state index in [0.717, 1.165) is 31.2 Å². The van der Waals surface area contributed by atoms with Crippen molar-refractivity contribution >= 4 is 15.9 Å². The average molecular weight is 447 g/mol. The summed E-state index contributed by atoms with van der Waals surface area (Å²) in [6, 6.07) is 9.64. The fourth-order valence-corrected chi connectivity index (χ4v) is 4.82. The summed E-state index contributed by atoms with van der Waals surface area (Å²) in [5.41, 5.74) is 0.998. The van der Waals surface area contributed by atoms with Crippen LogP contribution < -0.4 is 18.9 Å². The maximum absolute atomic E-state index is 13.1. The third-order valence-corrected chi connectivity index (χ3v) is 6.91. The van der Waals surface area contributed by atoms with Crippen LogP contribution in [0.2, 0.25) is 0 Å². The minimum absolute atomic E-state index is 0.0206. The van der Waals surface area contributed by atoms with Gasteiger partial charge in [-0.3, -0.25) is 4.79 Å². The van der Waals surface area contributed by atoms with Crippen molar-refractivity contribution in [3.63, 3.8) is 0 Å². The third-order valence-electron chi connectivity index (χ3n) is 5.51. The van der Waals surface area contributed by atoms with Crippen LogP contribution >= 0.6 is 0 Å². The number of carbonyl (C=O) groups excluding carboxylic acids is 1. The van der Waals surface area contributed by atoms with Crippen molar-refractivity contribution in [1.82, 2.24) is 9.62 Å². The number of hydrogen-bond donors (Lipinski definition) is 1. The van der Waals surface area contributed by atoms with E-state index in [0.29, 0.717) is 30.3 Å². The maximum atomic E-state index is 13.1. The van der Waals surface area contributed by atoms with E-state index in [4.69, 9.17) is 14.2 Å². The molecule has 1 amide bonds. The van der Waals surface area contributed by atoms with Crippen molar-refractivity contribution in [2.75, 3.05) is 27.0 Å². The topological polar surface area (TPSA) is 94.2 Å². The SMILES string of the molecule is COc1ccc(S(=O)(=O)NCc2ccc3c(c2)OCO3)cc1C(=O)N1CCCCCC1. The van der Waals surface area contributed by atoms with Gasteiger partial charge in [0.25, 0.3) is 5.91 Å². The molecule has 0 atom stereocenters. The highest BCUT2D eigenvalue weighted by atomic mass is 32.2. The Morgan fingerprint density at radius 3 is 2.52 bits per heavy atom. The summed E-state index contributed by atoms with van der Waals surface area (Å²) < 4.78 is 44.4. The number of benzene rings is 2. The number of sulfonamides is 1. The second-order valence-electron chi connectivity index (χ2n) is 7.58. The zero-order chi connectivity index (χ0) is 21.8. The van der Waals surface area contributed by atoms with E-state index in [1.54, 1.807) is 23.1 Å². The number of nitrogens with one attached hydrogen (secondary N) is 1. The molecule has 8 nitrogen and oxygen atoms in total. The minimum Gasteiger partial charge on any atom is -0.496 e. The predicted octanol–water partition coefficient (Wildman–Crippen LogP) is 2.92. The van der Waals surface area contributed by atoms with Crippen LogP contribution in [0.5, 0.6) is 17.2 Å². The molecule has 1 saturated heterocycles. The van der Waals surface area contributed by atoms with Crippen molar-refractivity contribution < 1.29 is 27.4 Å². The Morgan fingerprint density at radius 2 is 1.77 bits per heavy atom. The van der Waals surface area contributed by atoms with Crippen molar-refractivity contribution in [2.45, 2.75) is 37.1 Å². The number of likely N-dealkylation sites (tertiary alicyclic amines) is 1. The highest BCUT2D eigenvalue weighted by Gasteiger charge is 2.24. The summed E-state index contributed by atoms with van der Waals surface area (Å²) in [4.78, 5) is 14.9. The van der Waals surface area contributed by atoms with E-state index in [9.17, 15) is 13.2 Å². The van der Waals surface area contributed by atoms with Crippen LogP contribution in [0.4, 0.5) is 0 Å². The zero-order valence-corrected chi connectivity index (χ0v) is 18.2. The van der Waals surface area contributed by atoms with E-state index in [-0.39, 0.29) is 29.7 Å². The van der Waals surface area contributed by atoms with Gasteiger partial charge in [0.15, 0.2) is 11.5 Å². The van der Waals surface area contributed by atoms with Crippen molar-refractivity contribution in [1.29, 1.82) is 0 Å². The Hall–Kier alpha value is -2.78. The van der Waals surface area contributed by atoms with Gasteiger partial charge in [-0.2, -0.15) is 0 Å². The van der Waals surface area contributed by atoms with Gasteiger partial charge in [-0.1, -0.05) is 18.9 Å². The van der Waals surface area contributed by atoms with Gasteiger partial charge >= 0.3 is 0 Å². The smallest absolute Gasteiger partial charge is 0.257 e. The summed E-state index contributed by atoms with van der Waals surface area (Å²) >= 11 is 0. The number of nitrogens with zero attached hydrogens (tertiary/aromatic N) is 1. The minimum atomic E-state index is -3.84. The quantitative estimate of drug-likeness (QED) is 0.733. The van der Waals surface area contributed by atoms with Crippen LogP contribution in [0, 0.1) is 0 Å². The normalized spacial score (nSPS) is 16.1. The monoisotopic (exact) mass is 446 g/mol. The van der Waals surface area contributed by atoms with Crippen LogP contribution in [0.3, 0.4) is 0 Å². The summed E-state index contributed by atoms with van der Waals surface area (Å²) in [7, 11) is -2.37. The molecule has 0 unspecified atom stereocenters. The summed E-state index contributed by atoms with van der Waals surface area (Å²) in [5.74, 6) is 1.39. The molecule has 0 radical (unpaired) electrons. The third kappa shape index (κ3) is 4.77. The Labute approximate surface area is 182 Å². The first kappa shape index (κ1) is 21.5. The van der Waals surface area contributed by atoms with Gasteiger partial charge in [0, 0.05) is 19.6 Å². The lowest BCUT2D eigenvalue weighted by Gasteiger charge is -2.22. The number of ether oxygens (including phenoxy) is 3. The molecule has 0 spiro atoms. The number of carbonyl (C=O) groups is 1. The number of methoxy groups -OCH3 is 1. The fraction of sp³-hybridized carbons (Fsp3) is 0.409. The van der Waals surface area contributed by atoms with Crippen molar-refractivity contribution in [3.8, 4) is 17.2 Å². The molecule has 2 heterocycles. The highest BCUT2D eigenvalue weighted by Crippen LogP contribution is 2.32. The van der Waals surface area contributed by atoms with Crippen molar-refractivity contribution in [3.05, 3.63) is 47.5 Å². The fourth-order valence-electron chi connectivity index (χ4n) is 3.78. The van der Waals surface area contributed by atoms with Gasteiger partial charge in [0.05, 0.1) is 17.6 Å². The molecule has 4 rings (SSSR count).